The Bertz CT molecular complexity index is 574. The standard InChI is InChI=1S/C20H46N3O10P2.Li/c1-21-35(22-7-8-24-2,33-20-17-30-14-11-27-5)23-34(6,31-18-15-28-12-9-25-3)32-19-16-29-13-10-26-4;/h7-20H2,1-6H3;/q-1;+1. The predicted molar refractivity (Wildman–Crippen MR) is 137 cm³/mol. The van der Waals surface area contributed by atoms with Crippen LogP contribution < -0.4 is 18.9 Å². The Morgan fingerprint density at radius 1 is 0.556 bits per heavy atom. The second kappa shape index (κ2) is 27.2. The van der Waals surface area contributed by atoms with Gasteiger partial charge < -0.3 is 51.8 Å². The van der Waals surface area contributed by atoms with Gasteiger partial charge >= 0.3 is 18.9 Å². The summed E-state index contributed by atoms with van der Waals surface area (Å²) in [6, 6.07) is 0. The van der Waals surface area contributed by atoms with Gasteiger partial charge in [0.1, 0.15) is 7.58 Å². The Morgan fingerprint density at radius 2 is 0.944 bits per heavy atom. The largest absolute Gasteiger partial charge is 1.00 e. The molecule has 0 aromatic rings. The van der Waals surface area contributed by atoms with Crippen molar-refractivity contribution in [3.05, 3.63) is 5.09 Å². The third-order valence-corrected chi connectivity index (χ3v) is 9.20. The Hall–Kier alpha value is 0.617. The van der Waals surface area contributed by atoms with E-state index >= 15 is 0 Å². The Balaban J connectivity index is 0. The Morgan fingerprint density at radius 3 is 1.33 bits per heavy atom. The van der Waals surface area contributed by atoms with E-state index in [0.29, 0.717) is 72.6 Å². The van der Waals surface area contributed by atoms with Crippen LogP contribution in [0.4, 0.5) is 0 Å². The van der Waals surface area contributed by atoms with Crippen molar-refractivity contribution in [1.82, 2.24) is 0 Å². The topological polar surface area (TPSA) is 131 Å². The second-order valence-electron chi connectivity index (χ2n) is 6.78. The molecule has 1 atom stereocenters. The number of ether oxygens (including phenoxy) is 7. The van der Waals surface area contributed by atoms with Crippen molar-refractivity contribution >= 4 is 15.1 Å². The first-order valence-corrected chi connectivity index (χ1v) is 15.0. The molecule has 0 amide bonds. The van der Waals surface area contributed by atoms with Gasteiger partial charge in [0.05, 0.1) is 79.3 Å². The minimum Gasteiger partial charge on any atom is -0.577 e. The Kier molecular flexibility index (Phi) is 29.3. The van der Waals surface area contributed by atoms with Gasteiger partial charge in [-0.2, -0.15) is 0 Å². The van der Waals surface area contributed by atoms with E-state index in [1.807, 2.05) is 6.66 Å². The molecule has 0 N–H and O–H groups in total. The van der Waals surface area contributed by atoms with Crippen LogP contribution in [0.3, 0.4) is 0 Å². The minimum atomic E-state index is -2.95. The van der Waals surface area contributed by atoms with E-state index < -0.39 is 15.1 Å². The summed E-state index contributed by atoms with van der Waals surface area (Å²) in [6.07, 6.45) is 0. The normalized spacial score (nSPS) is 13.3. The van der Waals surface area contributed by atoms with Crippen molar-refractivity contribution in [2.24, 2.45) is 9.26 Å². The van der Waals surface area contributed by atoms with E-state index in [0.717, 1.165) is 0 Å². The van der Waals surface area contributed by atoms with Crippen LogP contribution in [0, 0.1) is 0 Å². The third kappa shape index (κ3) is 21.5. The fraction of sp³-hybridized carbons (Fsp3) is 1.00. The van der Waals surface area contributed by atoms with E-state index in [9.17, 15) is 0 Å². The van der Waals surface area contributed by atoms with E-state index in [4.69, 9.17) is 51.2 Å². The van der Waals surface area contributed by atoms with Gasteiger partial charge in [0.25, 0.3) is 0 Å². The van der Waals surface area contributed by atoms with Crippen LogP contribution in [-0.4, -0.2) is 135 Å². The van der Waals surface area contributed by atoms with E-state index in [1.165, 1.54) is 0 Å². The van der Waals surface area contributed by atoms with Crippen molar-refractivity contribution in [3.8, 4) is 0 Å². The molecule has 0 spiro atoms. The van der Waals surface area contributed by atoms with Crippen LogP contribution in [-0.2, 0) is 46.7 Å². The van der Waals surface area contributed by atoms with Crippen LogP contribution in [0.2, 0.25) is 0 Å². The molecule has 0 aromatic heterocycles. The van der Waals surface area contributed by atoms with Gasteiger partial charge in [0.15, 0.2) is 0 Å². The number of hydrogen-bond acceptors (Lipinski definition) is 11. The molecule has 0 bridgehead atoms. The molecule has 0 aliphatic rings. The molecular weight excluding hydrogens is 511 g/mol. The van der Waals surface area contributed by atoms with Gasteiger partial charge in [-0.05, 0) is 0 Å². The van der Waals surface area contributed by atoms with Crippen LogP contribution in [0.25, 0.3) is 5.09 Å². The molecule has 36 heavy (non-hydrogen) atoms. The average Bonchev–Trinajstić information content (AvgIpc) is 2.85. The predicted octanol–water partition coefficient (Wildman–Crippen LogP) is 0.286. The molecule has 0 aliphatic carbocycles. The fourth-order valence-electron chi connectivity index (χ4n) is 2.30. The molecule has 0 rings (SSSR count). The number of rotatable bonds is 26. The first-order chi connectivity index (χ1) is 17.0. The smallest absolute Gasteiger partial charge is 0.577 e. The molecule has 0 saturated heterocycles. The Labute approximate surface area is 229 Å². The molecule has 13 nitrogen and oxygen atoms in total. The van der Waals surface area contributed by atoms with Crippen molar-refractivity contribution in [2.45, 2.75) is 0 Å². The molecule has 16 heteroatoms. The molecule has 1 unspecified atom stereocenters. The second-order valence-corrected chi connectivity index (χ2v) is 11.6. The summed E-state index contributed by atoms with van der Waals surface area (Å²) in [4.78, 5) is 0. The zero-order valence-corrected chi connectivity index (χ0v) is 25.0. The molecule has 0 heterocycles. The minimum absolute atomic E-state index is 0. The summed E-state index contributed by atoms with van der Waals surface area (Å²) >= 11 is 0. The summed E-state index contributed by atoms with van der Waals surface area (Å²) in [7, 11) is 2.35. The first kappa shape index (κ1) is 38.8. The summed E-state index contributed by atoms with van der Waals surface area (Å²) in [5.74, 6) is 0. The van der Waals surface area contributed by atoms with Crippen LogP contribution in [0.5, 0.6) is 0 Å². The van der Waals surface area contributed by atoms with Crippen molar-refractivity contribution < 1.29 is 65.6 Å². The summed E-state index contributed by atoms with van der Waals surface area (Å²) in [5.41, 5.74) is 0. The van der Waals surface area contributed by atoms with E-state index in [-0.39, 0.29) is 38.7 Å². The van der Waals surface area contributed by atoms with Gasteiger partial charge in [-0.1, -0.05) is 0 Å². The first-order valence-electron chi connectivity index (χ1n) is 11.4. The van der Waals surface area contributed by atoms with Crippen molar-refractivity contribution in [3.63, 3.8) is 0 Å². The maximum Gasteiger partial charge on any atom is 1.00 e. The molecule has 0 fully saturated rings. The SMILES string of the molecule is CN=P(N=P(C)(OCCOCCOC)OCCOCCOC)([N-]CCOC)OCCOCCOC.[Li+]. The maximum atomic E-state index is 6.09. The quantitative estimate of drug-likeness (QED) is 0.0831. The maximum absolute atomic E-state index is 6.09. The van der Waals surface area contributed by atoms with Gasteiger partial charge in [-0.3, -0.25) is 4.74 Å². The van der Waals surface area contributed by atoms with Crippen molar-refractivity contribution in [2.75, 3.05) is 135 Å². The van der Waals surface area contributed by atoms with E-state index in [2.05, 4.69) is 9.83 Å². The van der Waals surface area contributed by atoms with Gasteiger partial charge in [0.2, 0.25) is 7.51 Å². The summed E-state index contributed by atoms with van der Waals surface area (Å²) in [6.45, 7) is 7.44. The van der Waals surface area contributed by atoms with Gasteiger partial charge in [-0.15, -0.1) is 6.54 Å². The zero-order valence-electron chi connectivity index (χ0n) is 23.2. The summed E-state index contributed by atoms with van der Waals surface area (Å²) < 4.78 is 64.2. The van der Waals surface area contributed by atoms with Crippen LogP contribution in [0.1, 0.15) is 0 Å². The zero-order chi connectivity index (χ0) is 26.1. The van der Waals surface area contributed by atoms with E-state index in [1.54, 1.807) is 35.5 Å². The number of hydrogen-bond donors (Lipinski definition) is 0. The third-order valence-electron chi connectivity index (χ3n) is 4.02. The monoisotopic (exact) mass is 557 g/mol. The fourth-order valence-corrected chi connectivity index (χ4v) is 7.05. The summed E-state index contributed by atoms with van der Waals surface area (Å²) in [5, 5.41) is 4.64. The molecule has 0 radical (unpaired) electrons. The van der Waals surface area contributed by atoms with Gasteiger partial charge in [-0.25, -0.2) is 4.52 Å². The van der Waals surface area contributed by atoms with Crippen molar-refractivity contribution in [1.29, 1.82) is 0 Å². The molecular formula is C20H46LiN3O10P2. The molecule has 0 aromatic carbocycles. The number of methoxy groups -OCH3 is 4. The molecule has 0 saturated carbocycles. The average molecular weight is 557 g/mol. The van der Waals surface area contributed by atoms with Crippen LogP contribution >= 0.6 is 15.1 Å². The molecule has 0 aliphatic heterocycles. The number of nitrogens with zero attached hydrogens (tertiary/aromatic N) is 3. The van der Waals surface area contributed by atoms with Gasteiger partial charge in [0, 0.05) is 48.8 Å². The molecule has 212 valence electrons. The van der Waals surface area contributed by atoms with Crippen LogP contribution in [0.15, 0.2) is 9.26 Å².